The van der Waals surface area contributed by atoms with E-state index in [1.165, 1.54) is 10.6 Å². The van der Waals surface area contributed by atoms with Crippen molar-refractivity contribution in [2.75, 3.05) is 22.1 Å². The van der Waals surface area contributed by atoms with Crippen molar-refractivity contribution in [3.63, 3.8) is 0 Å². The van der Waals surface area contributed by atoms with Gasteiger partial charge in [-0.25, -0.2) is 8.42 Å². The second-order valence-corrected chi connectivity index (χ2v) is 9.71. The van der Waals surface area contributed by atoms with E-state index < -0.39 is 10.0 Å². The van der Waals surface area contributed by atoms with Gasteiger partial charge < -0.3 is 5.32 Å². The van der Waals surface area contributed by atoms with E-state index in [1.807, 2.05) is 61.7 Å². The number of anilines is 2. The number of sulfonamides is 1. The maximum absolute atomic E-state index is 12.6. The Labute approximate surface area is 182 Å². The normalized spacial score (nSPS) is 11.2. The molecule has 0 radical (unpaired) electrons. The highest BCUT2D eigenvalue weighted by Gasteiger charge is 2.18. The van der Waals surface area contributed by atoms with Crippen molar-refractivity contribution in [2.24, 2.45) is 0 Å². The van der Waals surface area contributed by atoms with Crippen molar-refractivity contribution in [1.82, 2.24) is 0 Å². The molecule has 3 rings (SSSR count). The fourth-order valence-electron chi connectivity index (χ4n) is 2.98. The molecule has 1 N–H and O–H groups in total. The molecule has 0 unspecified atom stereocenters. The number of para-hydroxylation sites is 1. The number of nitrogens with one attached hydrogen (secondary N) is 1. The molecule has 3 aromatic carbocycles. The summed E-state index contributed by atoms with van der Waals surface area (Å²) in [6.45, 7) is 2.21. The van der Waals surface area contributed by atoms with Crippen LogP contribution in [-0.2, 0) is 16.6 Å². The third-order valence-electron chi connectivity index (χ3n) is 4.62. The molecule has 7 heteroatoms. The van der Waals surface area contributed by atoms with Gasteiger partial charge in [-0.2, -0.15) is 0 Å². The molecule has 0 aliphatic carbocycles. The SMILES string of the molecule is CSc1ccccc1NC(=O)c1ccc(N(Cc2ccc(C)cc2)S(C)(=O)=O)cc1. The third-order valence-corrected chi connectivity index (χ3v) is 6.56. The van der Waals surface area contributed by atoms with Crippen LogP contribution in [0.25, 0.3) is 0 Å². The Kier molecular flexibility index (Phi) is 6.84. The molecule has 0 aliphatic rings. The average Bonchev–Trinajstić information content (AvgIpc) is 2.73. The summed E-state index contributed by atoms with van der Waals surface area (Å²) in [5.41, 5.74) is 3.72. The maximum Gasteiger partial charge on any atom is 0.255 e. The minimum atomic E-state index is -3.49. The van der Waals surface area contributed by atoms with Crippen LogP contribution in [-0.4, -0.2) is 26.8 Å². The molecule has 0 atom stereocenters. The third kappa shape index (κ3) is 5.43. The Balaban J connectivity index is 1.81. The molecule has 3 aromatic rings. The minimum absolute atomic E-state index is 0.228. The zero-order valence-corrected chi connectivity index (χ0v) is 18.8. The first-order valence-electron chi connectivity index (χ1n) is 9.35. The van der Waals surface area contributed by atoms with Crippen molar-refractivity contribution in [1.29, 1.82) is 0 Å². The first-order chi connectivity index (χ1) is 14.3. The quantitative estimate of drug-likeness (QED) is 0.529. The summed E-state index contributed by atoms with van der Waals surface area (Å²) in [5, 5.41) is 2.91. The molecule has 0 saturated carbocycles. The summed E-state index contributed by atoms with van der Waals surface area (Å²) in [6, 6.07) is 21.9. The topological polar surface area (TPSA) is 66.5 Å². The second-order valence-electron chi connectivity index (χ2n) is 6.96. The number of rotatable bonds is 7. The van der Waals surface area contributed by atoms with Gasteiger partial charge in [-0.05, 0) is 55.1 Å². The van der Waals surface area contributed by atoms with E-state index in [0.717, 1.165) is 21.7 Å². The van der Waals surface area contributed by atoms with Crippen molar-refractivity contribution >= 4 is 39.1 Å². The maximum atomic E-state index is 12.6. The van der Waals surface area contributed by atoms with E-state index in [1.54, 1.807) is 36.0 Å². The van der Waals surface area contributed by atoms with Crippen LogP contribution < -0.4 is 9.62 Å². The lowest BCUT2D eigenvalue weighted by molar-refractivity contribution is 0.102. The van der Waals surface area contributed by atoms with Gasteiger partial charge in [-0.15, -0.1) is 11.8 Å². The molecular formula is C23H24N2O3S2. The second kappa shape index (κ2) is 9.36. The van der Waals surface area contributed by atoms with Crippen LogP contribution in [0.4, 0.5) is 11.4 Å². The van der Waals surface area contributed by atoms with E-state index in [-0.39, 0.29) is 12.5 Å². The van der Waals surface area contributed by atoms with E-state index in [2.05, 4.69) is 5.32 Å². The highest BCUT2D eigenvalue weighted by Crippen LogP contribution is 2.26. The molecule has 0 saturated heterocycles. The van der Waals surface area contributed by atoms with Crippen LogP contribution >= 0.6 is 11.8 Å². The fourth-order valence-corrected chi connectivity index (χ4v) is 4.42. The number of nitrogens with zero attached hydrogens (tertiary/aromatic N) is 1. The summed E-state index contributed by atoms with van der Waals surface area (Å²) in [6.07, 6.45) is 3.13. The predicted molar refractivity (Wildman–Crippen MR) is 125 cm³/mol. The first kappa shape index (κ1) is 21.9. The number of carbonyl (C=O) groups is 1. The number of amides is 1. The van der Waals surface area contributed by atoms with Crippen LogP contribution in [0.15, 0.2) is 77.7 Å². The van der Waals surface area contributed by atoms with Gasteiger partial charge >= 0.3 is 0 Å². The zero-order valence-electron chi connectivity index (χ0n) is 17.1. The lowest BCUT2D eigenvalue weighted by Crippen LogP contribution is -2.29. The number of benzene rings is 3. The van der Waals surface area contributed by atoms with Crippen molar-refractivity contribution < 1.29 is 13.2 Å². The number of aryl methyl sites for hydroxylation is 1. The average molecular weight is 441 g/mol. The standard InChI is InChI=1S/C23H24N2O3S2/c1-17-8-10-18(11-9-17)16-25(30(3,27)28)20-14-12-19(13-15-20)23(26)24-21-6-4-5-7-22(21)29-2/h4-15H,16H2,1-3H3,(H,24,26). The minimum Gasteiger partial charge on any atom is -0.321 e. The Bertz CT molecular complexity index is 1130. The molecule has 0 heterocycles. The Hall–Kier alpha value is -2.77. The molecular weight excluding hydrogens is 416 g/mol. The lowest BCUT2D eigenvalue weighted by Gasteiger charge is -2.23. The molecule has 0 bridgehead atoms. The Morgan fingerprint density at radius 3 is 2.20 bits per heavy atom. The van der Waals surface area contributed by atoms with Gasteiger partial charge in [-0.3, -0.25) is 9.10 Å². The van der Waals surface area contributed by atoms with Crippen molar-refractivity contribution in [3.8, 4) is 0 Å². The van der Waals surface area contributed by atoms with Crippen LogP contribution in [0.3, 0.4) is 0 Å². The van der Waals surface area contributed by atoms with Gasteiger partial charge in [0.15, 0.2) is 0 Å². The van der Waals surface area contributed by atoms with Gasteiger partial charge in [0, 0.05) is 10.5 Å². The number of hydrogen-bond acceptors (Lipinski definition) is 4. The molecule has 0 aromatic heterocycles. The van der Waals surface area contributed by atoms with Gasteiger partial charge in [0.05, 0.1) is 24.2 Å². The monoisotopic (exact) mass is 440 g/mol. The molecule has 1 amide bonds. The molecule has 0 spiro atoms. The Morgan fingerprint density at radius 2 is 1.60 bits per heavy atom. The summed E-state index contributed by atoms with van der Waals surface area (Å²) in [7, 11) is -3.49. The van der Waals surface area contributed by atoms with Crippen LogP contribution in [0.2, 0.25) is 0 Å². The van der Waals surface area contributed by atoms with E-state index >= 15 is 0 Å². The number of thioether (sulfide) groups is 1. The molecule has 156 valence electrons. The molecule has 0 fully saturated rings. The Morgan fingerprint density at radius 1 is 0.967 bits per heavy atom. The summed E-state index contributed by atoms with van der Waals surface area (Å²) >= 11 is 1.56. The van der Waals surface area contributed by atoms with E-state index in [0.29, 0.717) is 11.3 Å². The van der Waals surface area contributed by atoms with Gasteiger partial charge in [0.2, 0.25) is 10.0 Å². The van der Waals surface area contributed by atoms with Crippen LogP contribution in [0.5, 0.6) is 0 Å². The lowest BCUT2D eigenvalue weighted by atomic mass is 10.1. The van der Waals surface area contributed by atoms with Crippen LogP contribution in [0.1, 0.15) is 21.5 Å². The highest BCUT2D eigenvalue weighted by atomic mass is 32.2. The zero-order chi connectivity index (χ0) is 21.7. The van der Waals surface area contributed by atoms with E-state index in [4.69, 9.17) is 0 Å². The van der Waals surface area contributed by atoms with Gasteiger partial charge in [0.1, 0.15) is 0 Å². The fraction of sp³-hybridized carbons (Fsp3) is 0.174. The van der Waals surface area contributed by atoms with Crippen molar-refractivity contribution in [3.05, 3.63) is 89.5 Å². The number of carbonyl (C=O) groups excluding carboxylic acids is 1. The van der Waals surface area contributed by atoms with Gasteiger partial charge in [0.25, 0.3) is 5.91 Å². The largest absolute Gasteiger partial charge is 0.321 e. The summed E-state index contributed by atoms with van der Waals surface area (Å²) in [4.78, 5) is 13.6. The summed E-state index contributed by atoms with van der Waals surface area (Å²) < 4.78 is 26.1. The first-order valence-corrected chi connectivity index (χ1v) is 12.4. The number of hydrogen-bond donors (Lipinski definition) is 1. The van der Waals surface area contributed by atoms with Crippen LogP contribution in [0, 0.1) is 6.92 Å². The molecule has 5 nitrogen and oxygen atoms in total. The predicted octanol–water partition coefficient (Wildman–Crippen LogP) is 4.94. The van der Waals surface area contributed by atoms with Gasteiger partial charge in [-0.1, -0.05) is 42.0 Å². The van der Waals surface area contributed by atoms with Crippen molar-refractivity contribution in [2.45, 2.75) is 18.4 Å². The summed E-state index contributed by atoms with van der Waals surface area (Å²) in [5.74, 6) is -0.243. The van der Waals surface area contributed by atoms with E-state index in [9.17, 15) is 13.2 Å². The molecule has 30 heavy (non-hydrogen) atoms. The highest BCUT2D eigenvalue weighted by molar-refractivity contribution is 7.98. The smallest absolute Gasteiger partial charge is 0.255 e. The molecule has 0 aliphatic heterocycles.